The lowest BCUT2D eigenvalue weighted by Crippen LogP contribution is -2.43. The number of esters is 1. The Hall–Kier alpha value is -4.37. The van der Waals surface area contributed by atoms with Crippen molar-refractivity contribution in [1.82, 2.24) is 9.80 Å². The maximum Gasteiger partial charge on any atom is 0.410 e. The van der Waals surface area contributed by atoms with Crippen molar-refractivity contribution in [3.05, 3.63) is 101 Å². The first kappa shape index (κ1) is 34.5. The second-order valence-electron chi connectivity index (χ2n) is 12.6. The highest BCUT2D eigenvalue weighted by atomic mass is 16.6. The highest BCUT2D eigenvalue weighted by Crippen LogP contribution is 2.27. The van der Waals surface area contributed by atoms with Gasteiger partial charge in [-0.25, -0.2) is 4.79 Å². The van der Waals surface area contributed by atoms with Crippen LogP contribution in [0.5, 0.6) is 5.75 Å². The van der Waals surface area contributed by atoms with Gasteiger partial charge in [-0.2, -0.15) is 0 Å². The van der Waals surface area contributed by atoms with Gasteiger partial charge in [-0.1, -0.05) is 66.7 Å². The Morgan fingerprint density at radius 3 is 2.24 bits per heavy atom. The fourth-order valence-corrected chi connectivity index (χ4v) is 5.56. The van der Waals surface area contributed by atoms with Gasteiger partial charge in [0.15, 0.2) is 0 Å². The Morgan fingerprint density at radius 1 is 0.935 bits per heavy atom. The summed E-state index contributed by atoms with van der Waals surface area (Å²) in [5, 5.41) is 0. The lowest BCUT2D eigenvalue weighted by Gasteiger charge is -2.29. The molecule has 9 heteroatoms. The van der Waals surface area contributed by atoms with Gasteiger partial charge >= 0.3 is 12.1 Å². The number of methoxy groups -OCH3 is 2. The summed E-state index contributed by atoms with van der Waals surface area (Å²) >= 11 is 0. The zero-order valence-electron chi connectivity index (χ0n) is 27.6. The van der Waals surface area contributed by atoms with Crippen LogP contribution in [-0.4, -0.2) is 73.5 Å². The SMILES string of the molecule is COC(=O)CC(Cc1ccc(OC)cc1CN(CCc1ccccc1)C(=O)OC(C)(C)C)C(=O)N1COCC1Cc1ccccc1. The molecule has 9 nitrogen and oxygen atoms in total. The molecule has 2 atom stereocenters. The van der Waals surface area contributed by atoms with E-state index >= 15 is 0 Å². The molecule has 246 valence electrons. The van der Waals surface area contributed by atoms with Crippen molar-refractivity contribution >= 4 is 18.0 Å². The maximum absolute atomic E-state index is 14.1. The first-order valence-electron chi connectivity index (χ1n) is 15.7. The molecule has 0 radical (unpaired) electrons. The Morgan fingerprint density at radius 2 is 1.61 bits per heavy atom. The van der Waals surface area contributed by atoms with Crippen molar-refractivity contribution in [3.8, 4) is 5.75 Å². The lowest BCUT2D eigenvalue weighted by molar-refractivity contribution is -0.147. The van der Waals surface area contributed by atoms with E-state index in [0.717, 1.165) is 22.3 Å². The Labute approximate surface area is 272 Å². The molecule has 0 N–H and O–H groups in total. The quantitative estimate of drug-likeness (QED) is 0.220. The van der Waals surface area contributed by atoms with Gasteiger partial charge in [0.1, 0.15) is 18.1 Å². The van der Waals surface area contributed by atoms with E-state index in [1.807, 2.05) is 99.6 Å². The van der Waals surface area contributed by atoms with Gasteiger partial charge in [-0.05, 0) is 74.4 Å². The summed E-state index contributed by atoms with van der Waals surface area (Å²) in [4.78, 5) is 43.6. The van der Waals surface area contributed by atoms with Crippen LogP contribution < -0.4 is 4.74 Å². The molecule has 3 aromatic rings. The average molecular weight is 631 g/mol. The van der Waals surface area contributed by atoms with E-state index in [1.165, 1.54) is 7.11 Å². The molecule has 4 rings (SSSR count). The molecule has 1 aliphatic heterocycles. The third-order valence-electron chi connectivity index (χ3n) is 7.97. The minimum Gasteiger partial charge on any atom is -0.497 e. The Kier molecular flexibility index (Phi) is 12.2. The number of rotatable bonds is 13. The van der Waals surface area contributed by atoms with Crippen molar-refractivity contribution in [3.63, 3.8) is 0 Å². The molecule has 2 unspecified atom stereocenters. The molecule has 3 aromatic carbocycles. The average Bonchev–Trinajstić information content (AvgIpc) is 3.50. The van der Waals surface area contributed by atoms with Crippen molar-refractivity contribution in [2.45, 2.75) is 64.6 Å². The van der Waals surface area contributed by atoms with E-state index in [9.17, 15) is 14.4 Å². The summed E-state index contributed by atoms with van der Waals surface area (Å²) in [5.41, 5.74) is 3.17. The van der Waals surface area contributed by atoms with Gasteiger partial charge in [0.05, 0.1) is 39.2 Å². The summed E-state index contributed by atoms with van der Waals surface area (Å²) in [6.45, 7) is 6.76. The second kappa shape index (κ2) is 16.3. The van der Waals surface area contributed by atoms with Crippen molar-refractivity contribution in [2.75, 3.05) is 34.1 Å². The number of hydrogen-bond acceptors (Lipinski definition) is 7. The smallest absolute Gasteiger partial charge is 0.410 e. The minimum atomic E-state index is -0.695. The number of carbonyl (C=O) groups excluding carboxylic acids is 3. The van der Waals surface area contributed by atoms with E-state index in [1.54, 1.807) is 16.9 Å². The number of hydrogen-bond donors (Lipinski definition) is 0. The zero-order chi connectivity index (χ0) is 33.1. The molecule has 0 saturated carbocycles. The molecule has 0 spiro atoms. The Balaban J connectivity index is 1.61. The third kappa shape index (κ3) is 10.1. The number of nitrogens with zero attached hydrogens (tertiary/aromatic N) is 2. The summed E-state index contributed by atoms with van der Waals surface area (Å²) in [6, 6.07) is 25.4. The summed E-state index contributed by atoms with van der Waals surface area (Å²) in [6.07, 6.45) is 1.04. The molecule has 46 heavy (non-hydrogen) atoms. The molecule has 1 saturated heterocycles. The van der Waals surface area contributed by atoms with Gasteiger partial charge in [0, 0.05) is 13.1 Å². The van der Waals surface area contributed by atoms with Gasteiger partial charge in [-0.3, -0.25) is 9.59 Å². The van der Waals surface area contributed by atoms with Crippen LogP contribution in [0.3, 0.4) is 0 Å². The van der Waals surface area contributed by atoms with Crippen molar-refractivity contribution < 1.29 is 33.3 Å². The Bertz CT molecular complexity index is 1440. The molecular weight excluding hydrogens is 584 g/mol. The van der Waals surface area contributed by atoms with Crippen LogP contribution in [0, 0.1) is 5.92 Å². The second-order valence-corrected chi connectivity index (χ2v) is 12.6. The molecular formula is C37H46N2O7. The van der Waals surface area contributed by atoms with E-state index in [4.69, 9.17) is 18.9 Å². The van der Waals surface area contributed by atoms with E-state index in [-0.39, 0.29) is 38.1 Å². The fraction of sp³-hybridized carbons (Fsp3) is 0.432. The monoisotopic (exact) mass is 630 g/mol. The number of ether oxygens (including phenoxy) is 4. The van der Waals surface area contributed by atoms with E-state index in [0.29, 0.717) is 31.7 Å². The lowest BCUT2D eigenvalue weighted by atomic mass is 9.91. The third-order valence-corrected chi connectivity index (χ3v) is 7.97. The van der Waals surface area contributed by atoms with Crippen molar-refractivity contribution in [1.29, 1.82) is 0 Å². The van der Waals surface area contributed by atoms with Gasteiger partial charge < -0.3 is 28.7 Å². The fourth-order valence-electron chi connectivity index (χ4n) is 5.56. The zero-order valence-corrected chi connectivity index (χ0v) is 27.6. The van der Waals surface area contributed by atoms with Gasteiger partial charge in [-0.15, -0.1) is 0 Å². The maximum atomic E-state index is 14.1. The normalized spacial score (nSPS) is 15.2. The highest BCUT2D eigenvalue weighted by molar-refractivity contribution is 5.84. The van der Waals surface area contributed by atoms with Crippen LogP contribution in [0.4, 0.5) is 4.79 Å². The molecule has 1 fully saturated rings. The van der Waals surface area contributed by atoms with E-state index in [2.05, 4.69) is 0 Å². The molecule has 0 bridgehead atoms. The summed E-state index contributed by atoms with van der Waals surface area (Å²) < 4.78 is 22.1. The van der Waals surface area contributed by atoms with Gasteiger partial charge in [0.25, 0.3) is 0 Å². The minimum absolute atomic E-state index is 0.0842. The molecule has 0 aromatic heterocycles. The predicted octanol–water partition coefficient (Wildman–Crippen LogP) is 5.82. The standard InChI is InChI=1S/C37H46N2O7/c1-37(2,3)46-36(42)38(19-18-27-12-8-6-9-13-27)24-31-22-33(43-4)17-16-29(31)21-30(23-34(40)44-5)35(41)39-26-45-25-32(39)20-28-14-10-7-11-15-28/h6-17,22,30,32H,18-21,23-26H2,1-5H3. The van der Waals surface area contributed by atoms with Crippen LogP contribution in [0.1, 0.15) is 49.4 Å². The van der Waals surface area contributed by atoms with Gasteiger partial charge in [0.2, 0.25) is 5.91 Å². The number of benzene rings is 3. The number of amides is 2. The first-order chi connectivity index (χ1) is 22.1. The summed E-state index contributed by atoms with van der Waals surface area (Å²) in [5.74, 6) is -0.707. The first-order valence-corrected chi connectivity index (χ1v) is 15.7. The van der Waals surface area contributed by atoms with Crippen LogP contribution >= 0.6 is 0 Å². The van der Waals surface area contributed by atoms with Crippen LogP contribution in [0.2, 0.25) is 0 Å². The predicted molar refractivity (Wildman–Crippen MR) is 175 cm³/mol. The summed E-state index contributed by atoms with van der Waals surface area (Å²) in [7, 11) is 2.91. The highest BCUT2D eigenvalue weighted by Gasteiger charge is 2.36. The van der Waals surface area contributed by atoms with Crippen LogP contribution in [0.15, 0.2) is 78.9 Å². The molecule has 1 aliphatic rings. The number of carbonyl (C=O) groups is 3. The topological polar surface area (TPSA) is 94.6 Å². The van der Waals surface area contributed by atoms with Crippen molar-refractivity contribution in [2.24, 2.45) is 5.92 Å². The van der Waals surface area contributed by atoms with E-state index < -0.39 is 23.6 Å². The molecule has 0 aliphatic carbocycles. The largest absolute Gasteiger partial charge is 0.497 e. The van der Waals surface area contributed by atoms with Crippen LogP contribution in [-0.2, 0) is 49.6 Å². The molecule has 1 heterocycles. The van der Waals surface area contributed by atoms with Crippen LogP contribution in [0.25, 0.3) is 0 Å². The molecule has 2 amide bonds.